The van der Waals surface area contributed by atoms with Gasteiger partial charge in [0.25, 0.3) is 0 Å². The van der Waals surface area contributed by atoms with Gasteiger partial charge in [0, 0.05) is 18.0 Å². The molecule has 1 atom stereocenters. The standard InChI is InChI=1S/C27H25NS/c1-21-19-28(20-26-25(21)17-18-29-26)27(22-11-5-2-6-12-22,23-13-7-3-8-14-23)24-15-9-4-10-16-24/h2-18,21H,19-20H2,1H3. The highest BCUT2D eigenvalue weighted by Gasteiger charge is 2.44. The molecule has 0 saturated heterocycles. The van der Waals surface area contributed by atoms with Gasteiger partial charge < -0.3 is 0 Å². The van der Waals surface area contributed by atoms with Gasteiger partial charge in [0.05, 0.1) is 5.54 Å². The first-order chi connectivity index (χ1) is 14.3. The van der Waals surface area contributed by atoms with Crippen molar-refractivity contribution in [2.24, 2.45) is 0 Å². The largest absolute Gasteiger partial charge is 0.280 e. The minimum atomic E-state index is -0.320. The van der Waals surface area contributed by atoms with Crippen LogP contribution in [0.4, 0.5) is 0 Å². The van der Waals surface area contributed by atoms with E-state index in [0.29, 0.717) is 5.92 Å². The molecule has 3 aromatic carbocycles. The quantitative estimate of drug-likeness (QED) is 0.349. The maximum Gasteiger partial charge on any atom is 0.0976 e. The molecule has 0 aliphatic carbocycles. The summed E-state index contributed by atoms with van der Waals surface area (Å²) in [4.78, 5) is 4.19. The second-order valence-corrected chi connectivity index (χ2v) is 8.89. The predicted molar refractivity (Wildman–Crippen MR) is 122 cm³/mol. The Morgan fingerprint density at radius 2 is 1.21 bits per heavy atom. The molecule has 1 aromatic heterocycles. The van der Waals surface area contributed by atoms with Crippen LogP contribution in [0.5, 0.6) is 0 Å². The first kappa shape index (κ1) is 18.4. The smallest absolute Gasteiger partial charge is 0.0976 e. The monoisotopic (exact) mass is 395 g/mol. The fourth-order valence-electron chi connectivity index (χ4n) is 4.93. The zero-order valence-electron chi connectivity index (χ0n) is 16.7. The van der Waals surface area contributed by atoms with Crippen LogP contribution >= 0.6 is 11.3 Å². The van der Waals surface area contributed by atoms with Gasteiger partial charge in [0.1, 0.15) is 0 Å². The molecule has 1 aliphatic rings. The molecule has 4 aromatic rings. The van der Waals surface area contributed by atoms with Crippen LogP contribution in [-0.4, -0.2) is 11.4 Å². The Kier molecular flexibility index (Phi) is 4.83. The van der Waals surface area contributed by atoms with E-state index in [4.69, 9.17) is 0 Å². The van der Waals surface area contributed by atoms with Gasteiger partial charge >= 0.3 is 0 Å². The molecule has 0 amide bonds. The van der Waals surface area contributed by atoms with E-state index in [2.05, 4.69) is 114 Å². The topological polar surface area (TPSA) is 3.24 Å². The molecular weight excluding hydrogens is 370 g/mol. The molecule has 144 valence electrons. The van der Waals surface area contributed by atoms with Gasteiger partial charge in [0.15, 0.2) is 0 Å². The van der Waals surface area contributed by atoms with Crippen LogP contribution in [0.3, 0.4) is 0 Å². The van der Waals surface area contributed by atoms with Crippen molar-refractivity contribution in [2.75, 3.05) is 6.54 Å². The SMILES string of the molecule is CC1CN(C(c2ccccc2)(c2ccccc2)c2ccccc2)Cc2sccc21. The number of hydrogen-bond donors (Lipinski definition) is 0. The van der Waals surface area contributed by atoms with Crippen molar-refractivity contribution >= 4 is 11.3 Å². The van der Waals surface area contributed by atoms with Crippen molar-refractivity contribution in [3.8, 4) is 0 Å². The summed E-state index contributed by atoms with van der Waals surface area (Å²) in [5, 5.41) is 2.25. The van der Waals surface area contributed by atoms with Crippen LogP contribution in [0.1, 0.15) is 40.0 Å². The minimum absolute atomic E-state index is 0.320. The third kappa shape index (κ3) is 3.04. The maximum absolute atomic E-state index is 2.69. The highest BCUT2D eigenvalue weighted by molar-refractivity contribution is 7.10. The summed E-state index contributed by atoms with van der Waals surface area (Å²) in [6.07, 6.45) is 0. The van der Waals surface area contributed by atoms with Crippen molar-refractivity contribution in [3.63, 3.8) is 0 Å². The highest BCUT2D eigenvalue weighted by Crippen LogP contribution is 2.46. The van der Waals surface area contributed by atoms with Crippen LogP contribution in [-0.2, 0) is 12.1 Å². The summed E-state index contributed by atoms with van der Waals surface area (Å²) in [5.74, 6) is 0.514. The van der Waals surface area contributed by atoms with Crippen LogP contribution in [0.2, 0.25) is 0 Å². The molecule has 5 rings (SSSR count). The molecule has 0 fully saturated rings. The zero-order chi connectivity index (χ0) is 19.7. The van der Waals surface area contributed by atoms with Gasteiger partial charge in [-0.05, 0) is 39.6 Å². The molecule has 1 unspecified atom stereocenters. The van der Waals surface area contributed by atoms with E-state index in [1.807, 2.05) is 11.3 Å². The van der Waals surface area contributed by atoms with Gasteiger partial charge in [-0.3, -0.25) is 4.90 Å². The molecule has 29 heavy (non-hydrogen) atoms. The van der Waals surface area contributed by atoms with E-state index in [1.54, 1.807) is 0 Å². The van der Waals surface area contributed by atoms with Crippen LogP contribution < -0.4 is 0 Å². The van der Waals surface area contributed by atoms with Crippen LogP contribution in [0, 0.1) is 0 Å². The molecule has 0 saturated carbocycles. The molecule has 1 aliphatic heterocycles. The van der Waals surface area contributed by atoms with Gasteiger partial charge in [-0.25, -0.2) is 0 Å². The normalized spacial score (nSPS) is 17.1. The second kappa shape index (κ2) is 7.62. The number of benzene rings is 3. The summed E-state index contributed by atoms with van der Waals surface area (Å²) < 4.78 is 0. The average molecular weight is 396 g/mol. The molecule has 0 bridgehead atoms. The first-order valence-corrected chi connectivity index (χ1v) is 11.2. The molecule has 0 spiro atoms. The van der Waals surface area contributed by atoms with E-state index in [9.17, 15) is 0 Å². The summed E-state index contributed by atoms with van der Waals surface area (Å²) >= 11 is 1.89. The van der Waals surface area contributed by atoms with Crippen molar-refractivity contribution in [1.82, 2.24) is 4.90 Å². The summed E-state index contributed by atoms with van der Waals surface area (Å²) in [5.41, 5.74) is 5.17. The Morgan fingerprint density at radius 1 is 0.724 bits per heavy atom. The number of hydrogen-bond acceptors (Lipinski definition) is 2. The van der Waals surface area contributed by atoms with E-state index in [0.717, 1.165) is 13.1 Å². The van der Waals surface area contributed by atoms with Crippen LogP contribution in [0.15, 0.2) is 102 Å². The van der Waals surface area contributed by atoms with Gasteiger partial charge in [-0.15, -0.1) is 11.3 Å². The molecule has 2 heteroatoms. The highest BCUT2D eigenvalue weighted by atomic mass is 32.1. The lowest BCUT2D eigenvalue weighted by Crippen LogP contribution is -2.50. The van der Waals surface area contributed by atoms with E-state index in [-0.39, 0.29) is 5.54 Å². The third-order valence-electron chi connectivity index (χ3n) is 6.19. The second-order valence-electron chi connectivity index (χ2n) is 7.89. The van der Waals surface area contributed by atoms with Gasteiger partial charge in [-0.1, -0.05) is 97.9 Å². The van der Waals surface area contributed by atoms with Gasteiger partial charge in [-0.2, -0.15) is 0 Å². The summed E-state index contributed by atoms with van der Waals surface area (Å²) in [7, 11) is 0. The Labute approximate surface area is 177 Å². The van der Waals surface area contributed by atoms with Gasteiger partial charge in [0.2, 0.25) is 0 Å². The van der Waals surface area contributed by atoms with E-state index >= 15 is 0 Å². The Morgan fingerprint density at radius 3 is 1.69 bits per heavy atom. The van der Waals surface area contributed by atoms with Crippen molar-refractivity contribution < 1.29 is 0 Å². The lowest BCUT2D eigenvalue weighted by molar-refractivity contribution is 0.130. The lowest BCUT2D eigenvalue weighted by Gasteiger charge is -2.48. The fourth-order valence-corrected chi connectivity index (χ4v) is 5.94. The predicted octanol–water partition coefficient (Wildman–Crippen LogP) is 6.66. The average Bonchev–Trinajstić information content (AvgIpc) is 3.26. The Bertz CT molecular complexity index is 973. The van der Waals surface area contributed by atoms with Crippen LogP contribution in [0.25, 0.3) is 0 Å². The maximum atomic E-state index is 2.69. The number of fused-ring (bicyclic) bond motifs is 1. The molecule has 0 N–H and O–H groups in total. The van der Waals surface area contributed by atoms with E-state index in [1.165, 1.54) is 27.1 Å². The molecule has 2 heterocycles. The van der Waals surface area contributed by atoms with Crippen molar-refractivity contribution in [1.29, 1.82) is 0 Å². The summed E-state index contributed by atoms with van der Waals surface area (Å²) in [6.45, 7) is 4.36. The number of thiophene rings is 1. The lowest BCUT2D eigenvalue weighted by atomic mass is 9.74. The summed E-state index contributed by atoms with van der Waals surface area (Å²) in [6, 6.07) is 35.4. The third-order valence-corrected chi connectivity index (χ3v) is 7.11. The first-order valence-electron chi connectivity index (χ1n) is 10.3. The number of rotatable bonds is 4. The molecule has 0 radical (unpaired) electrons. The molecule has 1 nitrogen and oxygen atoms in total. The molecular formula is C27H25NS. The number of nitrogens with zero attached hydrogens (tertiary/aromatic N) is 1. The van der Waals surface area contributed by atoms with E-state index < -0.39 is 0 Å². The van der Waals surface area contributed by atoms with Crippen molar-refractivity contribution in [2.45, 2.75) is 24.9 Å². The zero-order valence-corrected chi connectivity index (χ0v) is 17.5. The minimum Gasteiger partial charge on any atom is -0.280 e. The van der Waals surface area contributed by atoms with Crippen molar-refractivity contribution in [3.05, 3.63) is 130 Å². The Balaban J connectivity index is 1.79. The Hall–Kier alpha value is -2.68. The fraction of sp³-hybridized carbons (Fsp3) is 0.185.